The highest BCUT2D eigenvalue weighted by atomic mass is 16.2. The van der Waals surface area contributed by atoms with Gasteiger partial charge in [-0.15, -0.1) is 0 Å². The van der Waals surface area contributed by atoms with Crippen LogP contribution in [-0.4, -0.2) is 38.4 Å². The monoisotopic (exact) mass is 299 g/mol. The van der Waals surface area contributed by atoms with E-state index in [1.54, 1.807) is 11.0 Å². The van der Waals surface area contributed by atoms with E-state index in [-0.39, 0.29) is 11.9 Å². The van der Waals surface area contributed by atoms with Crippen LogP contribution in [-0.2, 0) is 24.4 Å². The number of likely N-dealkylation sites (tertiary alicyclic amines) is 1. The quantitative estimate of drug-likeness (QED) is 0.870. The number of aromatic nitrogens is 3. The lowest BCUT2D eigenvalue weighted by Gasteiger charge is -2.17. The number of amides is 1. The number of carbonyl (C=O) groups is 1. The van der Waals surface area contributed by atoms with E-state index in [1.165, 1.54) is 5.56 Å². The van der Waals surface area contributed by atoms with Crippen LogP contribution < -0.4 is 5.32 Å². The molecule has 0 radical (unpaired) electrons. The lowest BCUT2D eigenvalue weighted by Crippen LogP contribution is -2.37. The van der Waals surface area contributed by atoms with Crippen molar-refractivity contribution in [1.29, 1.82) is 0 Å². The molecule has 1 atom stereocenters. The number of benzene rings is 1. The standard InChI is InChI=1S/C16H21N5O/c1-2-21-18-11-14(19-21)10-17-15-8-9-20(16(15)22)12-13-6-4-3-5-7-13/h3-7,11,15,17H,2,8-10,12H2,1H3. The van der Waals surface area contributed by atoms with Crippen LogP contribution in [0.3, 0.4) is 0 Å². The highest BCUT2D eigenvalue weighted by Gasteiger charge is 2.31. The predicted molar refractivity (Wildman–Crippen MR) is 82.8 cm³/mol. The molecule has 3 rings (SSSR count). The molecule has 2 heterocycles. The van der Waals surface area contributed by atoms with Crippen molar-refractivity contribution in [2.45, 2.75) is 39.0 Å². The Kier molecular flexibility index (Phi) is 4.48. The lowest BCUT2D eigenvalue weighted by molar-refractivity contribution is -0.129. The molecule has 1 fully saturated rings. The van der Waals surface area contributed by atoms with E-state index < -0.39 is 0 Å². The number of carbonyl (C=O) groups excluding carboxylic acids is 1. The molecule has 0 saturated carbocycles. The minimum atomic E-state index is -0.115. The van der Waals surface area contributed by atoms with Gasteiger partial charge in [0.15, 0.2) is 0 Å². The Balaban J connectivity index is 1.52. The first-order valence-electron chi connectivity index (χ1n) is 7.71. The van der Waals surface area contributed by atoms with Crippen LogP contribution in [0.4, 0.5) is 0 Å². The van der Waals surface area contributed by atoms with Crippen molar-refractivity contribution < 1.29 is 4.79 Å². The largest absolute Gasteiger partial charge is 0.337 e. The molecule has 0 bridgehead atoms. The smallest absolute Gasteiger partial charge is 0.240 e. The first-order chi connectivity index (χ1) is 10.8. The van der Waals surface area contributed by atoms with Gasteiger partial charge in [0.05, 0.1) is 24.5 Å². The molecular formula is C16H21N5O. The molecule has 6 nitrogen and oxygen atoms in total. The predicted octanol–water partition coefficient (Wildman–Crippen LogP) is 1.19. The molecule has 1 N–H and O–H groups in total. The van der Waals surface area contributed by atoms with Gasteiger partial charge in [-0.1, -0.05) is 30.3 Å². The highest BCUT2D eigenvalue weighted by Crippen LogP contribution is 2.15. The maximum absolute atomic E-state index is 12.4. The molecule has 1 aromatic carbocycles. The van der Waals surface area contributed by atoms with Gasteiger partial charge in [-0.05, 0) is 18.9 Å². The van der Waals surface area contributed by atoms with Crippen LogP contribution in [0.25, 0.3) is 0 Å². The van der Waals surface area contributed by atoms with Gasteiger partial charge in [0.25, 0.3) is 0 Å². The average molecular weight is 299 g/mol. The Bertz CT molecular complexity index is 624. The zero-order valence-electron chi connectivity index (χ0n) is 12.8. The molecule has 116 valence electrons. The van der Waals surface area contributed by atoms with Crippen LogP contribution in [0.1, 0.15) is 24.6 Å². The summed E-state index contributed by atoms with van der Waals surface area (Å²) in [5.74, 6) is 0.173. The van der Waals surface area contributed by atoms with Gasteiger partial charge in [0, 0.05) is 19.6 Å². The van der Waals surface area contributed by atoms with E-state index in [0.29, 0.717) is 13.1 Å². The van der Waals surface area contributed by atoms with E-state index in [4.69, 9.17) is 0 Å². The van der Waals surface area contributed by atoms with E-state index in [9.17, 15) is 4.79 Å². The van der Waals surface area contributed by atoms with Crippen molar-refractivity contribution in [2.24, 2.45) is 0 Å². The van der Waals surface area contributed by atoms with Gasteiger partial charge in [-0.3, -0.25) is 10.1 Å². The second-order valence-corrected chi connectivity index (χ2v) is 5.49. The zero-order chi connectivity index (χ0) is 15.4. The lowest BCUT2D eigenvalue weighted by atomic mass is 10.2. The summed E-state index contributed by atoms with van der Waals surface area (Å²) in [6.45, 7) is 4.82. The Morgan fingerprint density at radius 2 is 2.14 bits per heavy atom. The van der Waals surface area contributed by atoms with Crippen molar-refractivity contribution in [3.63, 3.8) is 0 Å². The Hall–Kier alpha value is -2.21. The third kappa shape index (κ3) is 3.33. The van der Waals surface area contributed by atoms with Crippen LogP contribution in [0.5, 0.6) is 0 Å². The third-order valence-electron chi connectivity index (χ3n) is 3.91. The summed E-state index contributed by atoms with van der Waals surface area (Å²) >= 11 is 0. The normalized spacial score (nSPS) is 18.1. The SMILES string of the molecule is CCn1ncc(CNC2CCN(Cc3ccccc3)C2=O)n1. The fourth-order valence-electron chi connectivity index (χ4n) is 2.68. The van der Waals surface area contributed by atoms with Gasteiger partial charge in [0.2, 0.25) is 5.91 Å². The number of rotatable bonds is 6. The fraction of sp³-hybridized carbons (Fsp3) is 0.438. The maximum Gasteiger partial charge on any atom is 0.240 e. The number of aryl methyl sites for hydroxylation is 1. The van der Waals surface area contributed by atoms with Crippen molar-refractivity contribution in [3.05, 3.63) is 47.8 Å². The summed E-state index contributed by atoms with van der Waals surface area (Å²) in [6, 6.07) is 9.98. The van der Waals surface area contributed by atoms with E-state index in [2.05, 4.69) is 27.6 Å². The molecule has 2 aromatic rings. The molecule has 0 spiro atoms. The van der Waals surface area contributed by atoms with Crippen molar-refractivity contribution >= 4 is 5.91 Å². The second kappa shape index (κ2) is 6.70. The summed E-state index contributed by atoms with van der Waals surface area (Å²) in [7, 11) is 0. The van der Waals surface area contributed by atoms with Crippen LogP contribution in [0.2, 0.25) is 0 Å². The number of hydrogen-bond acceptors (Lipinski definition) is 4. The molecule has 1 unspecified atom stereocenters. The average Bonchev–Trinajstić information content (AvgIpc) is 3.14. The molecule has 1 aliphatic heterocycles. The fourth-order valence-corrected chi connectivity index (χ4v) is 2.68. The first-order valence-corrected chi connectivity index (χ1v) is 7.71. The van der Waals surface area contributed by atoms with Crippen molar-refractivity contribution in [3.8, 4) is 0 Å². The van der Waals surface area contributed by atoms with Gasteiger partial charge >= 0.3 is 0 Å². The van der Waals surface area contributed by atoms with Crippen molar-refractivity contribution in [2.75, 3.05) is 6.54 Å². The van der Waals surface area contributed by atoms with Crippen LogP contribution in [0.15, 0.2) is 36.5 Å². The first kappa shape index (κ1) is 14.7. The summed E-state index contributed by atoms with van der Waals surface area (Å²) < 4.78 is 0. The molecule has 0 aliphatic carbocycles. The van der Waals surface area contributed by atoms with Gasteiger partial charge < -0.3 is 4.90 Å². The van der Waals surface area contributed by atoms with E-state index in [1.807, 2.05) is 30.0 Å². The topological polar surface area (TPSA) is 63.1 Å². The van der Waals surface area contributed by atoms with Gasteiger partial charge in [-0.2, -0.15) is 15.0 Å². The molecule has 1 amide bonds. The van der Waals surface area contributed by atoms with E-state index >= 15 is 0 Å². The number of nitrogens with zero attached hydrogens (tertiary/aromatic N) is 4. The molecule has 1 aromatic heterocycles. The third-order valence-corrected chi connectivity index (χ3v) is 3.91. The summed E-state index contributed by atoms with van der Waals surface area (Å²) in [4.78, 5) is 16.0. The highest BCUT2D eigenvalue weighted by molar-refractivity contribution is 5.83. The van der Waals surface area contributed by atoms with Gasteiger partial charge in [-0.25, -0.2) is 0 Å². The Morgan fingerprint density at radius 1 is 1.32 bits per heavy atom. The minimum absolute atomic E-state index is 0.115. The maximum atomic E-state index is 12.4. The molecular weight excluding hydrogens is 278 g/mol. The second-order valence-electron chi connectivity index (χ2n) is 5.49. The van der Waals surface area contributed by atoms with Gasteiger partial charge in [0.1, 0.15) is 0 Å². The minimum Gasteiger partial charge on any atom is -0.337 e. The Labute approximate surface area is 130 Å². The van der Waals surface area contributed by atoms with Crippen molar-refractivity contribution in [1.82, 2.24) is 25.2 Å². The molecule has 1 aliphatic rings. The molecule has 22 heavy (non-hydrogen) atoms. The summed E-state index contributed by atoms with van der Waals surface area (Å²) in [5, 5.41) is 11.8. The van der Waals surface area contributed by atoms with Crippen LogP contribution in [0, 0.1) is 0 Å². The van der Waals surface area contributed by atoms with Crippen LogP contribution >= 0.6 is 0 Å². The van der Waals surface area contributed by atoms with E-state index in [0.717, 1.165) is 25.2 Å². The molecule has 1 saturated heterocycles. The molecule has 6 heteroatoms. The summed E-state index contributed by atoms with van der Waals surface area (Å²) in [6.07, 6.45) is 2.59. The zero-order valence-corrected chi connectivity index (χ0v) is 12.8. The Morgan fingerprint density at radius 3 is 2.86 bits per heavy atom. The number of nitrogens with one attached hydrogen (secondary N) is 1. The number of hydrogen-bond donors (Lipinski definition) is 1. The summed E-state index contributed by atoms with van der Waals surface area (Å²) in [5.41, 5.74) is 2.04.